The first-order valence-corrected chi connectivity index (χ1v) is 10.1. The third kappa shape index (κ3) is 4.64. The van der Waals surface area contributed by atoms with Gasteiger partial charge in [-0.05, 0) is 30.3 Å². The highest BCUT2D eigenvalue weighted by molar-refractivity contribution is 5.90. The van der Waals surface area contributed by atoms with Crippen LogP contribution in [0.3, 0.4) is 0 Å². The van der Waals surface area contributed by atoms with Gasteiger partial charge in [0.05, 0.1) is 11.1 Å². The van der Waals surface area contributed by atoms with Crippen molar-refractivity contribution < 1.29 is 32.6 Å². The summed E-state index contributed by atoms with van der Waals surface area (Å²) in [7, 11) is 0. The summed E-state index contributed by atoms with van der Waals surface area (Å²) in [6.45, 7) is -0.663. The third-order valence-corrected chi connectivity index (χ3v) is 5.09. The van der Waals surface area contributed by atoms with Crippen LogP contribution >= 0.6 is 0 Å². The Labute approximate surface area is 191 Å². The molecule has 4 rings (SSSR count). The lowest BCUT2D eigenvalue weighted by molar-refractivity contribution is -0.142. The Morgan fingerprint density at radius 2 is 1.59 bits per heavy atom. The molecule has 0 saturated carbocycles. The molecule has 2 N–H and O–H groups in total. The van der Waals surface area contributed by atoms with Crippen LogP contribution < -0.4 is 11.4 Å². The SMILES string of the molecule is Nc1ccn(C2O[C@H](COC(=O)c3ccccc3)[C@@H](OC(=O)c3ccccc3)C2(F)F)c(=O)n1. The van der Waals surface area contributed by atoms with E-state index in [0.29, 0.717) is 4.57 Å². The van der Waals surface area contributed by atoms with Gasteiger partial charge in [0.15, 0.2) is 6.10 Å². The van der Waals surface area contributed by atoms with E-state index in [1.165, 1.54) is 24.3 Å². The van der Waals surface area contributed by atoms with Crippen LogP contribution in [0.2, 0.25) is 0 Å². The van der Waals surface area contributed by atoms with Crippen molar-refractivity contribution >= 4 is 17.8 Å². The molecule has 2 aromatic carbocycles. The topological polar surface area (TPSA) is 123 Å². The van der Waals surface area contributed by atoms with Crippen molar-refractivity contribution in [1.29, 1.82) is 0 Å². The fraction of sp³-hybridized carbons (Fsp3) is 0.217. The Balaban J connectivity index is 1.61. The number of hydrogen-bond donors (Lipinski definition) is 1. The van der Waals surface area contributed by atoms with Crippen LogP contribution in [-0.2, 0) is 14.2 Å². The summed E-state index contributed by atoms with van der Waals surface area (Å²) < 4.78 is 47.1. The second kappa shape index (κ2) is 9.40. The van der Waals surface area contributed by atoms with Crippen molar-refractivity contribution in [1.82, 2.24) is 9.55 Å². The highest BCUT2D eigenvalue weighted by Crippen LogP contribution is 2.44. The number of nitrogens with zero attached hydrogens (tertiary/aromatic N) is 2. The molecule has 0 amide bonds. The van der Waals surface area contributed by atoms with Crippen molar-refractivity contribution in [3.8, 4) is 0 Å². The Morgan fingerprint density at radius 1 is 1.00 bits per heavy atom. The van der Waals surface area contributed by atoms with Gasteiger partial charge in [0.2, 0.25) is 6.23 Å². The average Bonchev–Trinajstić information content (AvgIpc) is 3.08. The third-order valence-electron chi connectivity index (χ3n) is 5.09. The number of anilines is 1. The summed E-state index contributed by atoms with van der Waals surface area (Å²) in [5.41, 5.74) is 4.58. The highest BCUT2D eigenvalue weighted by atomic mass is 19.3. The van der Waals surface area contributed by atoms with Crippen LogP contribution in [0.15, 0.2) is 77.7 Å². The number of carbonyl (C=O) groups is 2. The van der Waals surface area contributed by atoms with Gasteiger partial charge in [0.1, 0.15) is 18.5 Å². The number of ether oxygens (including phenoxy) is 3. The van der Waals surface area contributed by atoms with Gasteiger partial charge in [-0.15, -0.1) is 0 Å². The van der Waals surface area contributed by atoms with Gasteiger partial charge in [0.25, 0.3) is 0 Å². The van der Waals surface area contributed by atoms with Crippen molar-refractivity contribution in [2.45, 2.75) is 24.4 Å². The predicted octanol–water partition coefficient (Wildman–Crippen LogP) is 2.44. The molecule has 0 radical (unpaired) electrons. The number of carbonyl (C=O) groups excluding carboxylic acids is 2. The van der Waals surface area contributed by atoms with E-state index < -0.39 is 48.6 Å². The van der Waals surface area contributed by atoms with Crippen LogP contribution in [-0.4, -0.2) is 46.2 Å². The van der Waals surface area contributed by atoms with Gasteiger partial charge >= 0.3 is 23.6 Å². The highest BCUT2D eigenvalue weighted by Gasteiger charge is 2.62. The number of halogens is 2. The van der Waals surface area contributed by atoms with Crippen LogP contribution in [0.4, 0.5) is 14.6 Å². The number of esters is 2. The van der Waals surface area contributed by atoms with Gasteiger partial charge < -0.3 is 19.9 Å². The van der Waals surface area contributed by atoms with Gasteiger partial charge in [-0.3, -0.25) is 4.57 Å². The molecule has 3 atom stereocenters. The molecule has 1 aliphatic heterocycles. The summed E-state index contributed by atoms with van der Waals surface area (Å²) in [6, 6.07) is 16.6. The van der Waals surface area contributed by atoms with Gasteiger partial charge in [-0.25, -0.2) is 14.4 Å². The molecule has 11 heteroatoms. The van der Waals surface area contributed by atoms with Gasteiger partial charge in [-0.1, -0.05) is 36.4 Å². The van der Waals surface area contributed by atoms with E-state index in [0.717, 1.165) is 12.3 Å². The maximum Gasteiger partial charge on any atom is 0.351 e. The Morgan fingerprint density at radius 3 is 2.18 bits per heavy atom. The summed E-state index contributed by atoms with van der Waals surface area (Å²) in [6.07, 6.45) is -4.93. The number of nitrogens with two attached hydrogens (primary N) is 1. The van der Waals surface area contributed by atoms with Gasteiger partial charge in [0, 0.05) is 6.20 Å². The molecule has 1 aromatic heterocycles. The summed E-state index contributed by atoms with van der Waals surface area (Å²) in [4.78, 5) is 40.5. The molecule has 9 nitrogen and oxygen atoms in total. The second-order valence-corrected chi connectivity index (χ2v) is 7.40. The normalized spacial score (nSPS) is 21.1. The molecule has 0 aliphatic carbocycles. The van der Waals surface area contributed by atoms with E-state index in [1.54, 1.807) is 36.4 Å². The Hall–Kier alpha value is -4.12. The van der Waals surface area contributed by atoms with E-state index in [9.17, 15) is 14.4 Å². The summed E-state index contributed by atoms with van der Waals surface area (Å²) in [5.74, 6) is -5.86. The molecule has 34 heavy (non-hydrogen) atoms. The standard InChI is InChI=1S/C23H19F2N3O6/c24-23(25)18(34-20(30)15-9-5-2-6-10-15)16(13-32-19(29)14-7-3-1-4-8-14)33-21(23)28-12-11-17(26)27-22(28)31/h1-12,16,18,21H,13H2,(H2,26,27,31)/t16-,18-,21?/m1/s1. The van der Waals surface area contributed by atoms with E-state index in [2.05, 4.69) is 4.98 Å². The van der Waals surface area contributed by atoms with E-state index >= 15 is 8.78 Å². The molecule has 1 fully saturated rings. The monoisotopic (exact) mass is 471 g/mol. The zero-order chi connectivity index (χ0) is 24.3. The Bertz CT molecular complexity index is 1240. The van der Waals surface area contributed by atoms with Crippen molar-refractivity contribution in [3.63, 3.8) is 0 Å². The lowest BCUT2D eigenvalue weighted by Gasteiger charge is -2.24. The lowest BCUT2D eigenvalue weighted by Crippen LogP contribution is -2.44. The zero-order valence-corrected chi connectivity index (χ0v) is 17.5. The molecule has 3 aromatic rings. The fourth-order valence-electron chi connectivity index (χ4n) is 3.43. The molecule has 2 heterocycles. The number of alkyl halides is 2. The number of nitrogen functional groups attached to an aromatic ring is 1. The molecule has 176 valence electrons. The lowest BCUT2D eigenvalue weighted by atomic mass is 10.1. The number of rotatable bonds is 6. The van der Waals surface area contributed by atoms with E-state index in [-0.39, 0.29) is 16.9 Å². The minimum atomic E-state index is -3.88. The van der Waals surface area contributed by atoms with Crippen LogP contribution in [0.25, 0.3) is 0 Å². The molecular weight excluding hydrogens is 452 g/mol. The number of hydrogen-bond acceptors (Lipinski definition) is 8. The molecule has 1 aliphatic rings. The molecule has 0 spiro atoms. The predicted molar refractivity (Wildman–Crippen MR) is 114 cm³/mol. The minimum absolute atomic E-state index is 0.0353. The summed E-state index contributed by atoms with van der Waals surface area (Å²) >= 11 is 0. The molecular formula is C23H19F2N3O6. The van der Waals surface area contributed by atoms with Crippen LogP contribution in [0.5, 0.6) is 0 Å². The maximum absolute atomic E-state index is 15.5. The molecule has 1 saturated heterocycles. The first-order valence-electron chi connectivity index (χ1n) is 10.1. The van der Waals surface area contributed by atoms with Crippen molar-refractivity contribution in [2.75, 3.05) is 12.3 Å². The first-order chi connectivity index (χ1) is 16.3. The summed E-state index contributed by atoms with van der Waals surface area (Å²) in [5, 5.41) is 0. The molecule has 0 bridgehead atoms. The van der Waals surface area contributed by atoms with Gasteiger partial charge in [-0.2, -0.15) is 13.8 Å². The zero-order valence-electron chi connectivity index (χ0n) is 17.5. The van der Waals surface area contributed by atoms with E-state index in [1.807, 2.05) is 0 Å². The van der Waals surface area contributed by atoms with Crippen molar-refractivity contribution in [3.05, 3.63) is 94.5 Å². The molecule has 1 unspecified atom stereocenters. The Kier molecular flexibility index (Phi) is 6.37. The number of benzene rings is 2. The van der Waals surface area contributed by atoms with E-state index in [4.69, 9.17) is 19.9 Å². The average molecular weight is 471 g/mol. The first kappa shape index (κ1) is 23.1. The smallest absolute Gasteiger partial charge is 0.351 e. The van der Waals surface area contributed by atoms with Crippen LogP contribution in [0, 0.1) is 0 Å². The maximum atomic E-state index is 15.5. The second-order valence-electron chi connectivity index (χ2n) is 7.40. The minimum Gasteiger partial charge on any atom is -0.459 e. The fourth-order valence-corrected chi connectivity index (χ4v) is 3.43. The largest absolute Gasteiger partial charge is 0.459 e. The quantitative estimate of drug-likeness (QED) is 0.544. The number of aromatic nitrogens is 2. The van der Waals surface area contributed by atoms with Crippen LogP contribution in [0.1, 0.15) is 26.9 Å². The van der Waals surface area contributed by atoms with Crippen molar-refractivity contribution in [2.24, 2.45) is 0 Å².